The van der Waals surface area contributed by atoms with Crippen LogP contribution in [0.3, 0.4) is 0 Å². The van der Waals surface area contributed by atoms with Crippen LogP contribution in [0.25, 0.3) is 66.6 Å². The number of fused-ring (bicyclic) bond motifs is 11. The van der Waals surface area contributed by atoms with Crippen molar-refractivity contribution >= 4 is 21.5 Å². The third-order valence-corrected chi connectivity index (χ3v) is 11.1. The van der Waals surface area contributed by atoms with Gasteiger partial charge in [0.2, 0.25) is 0 Å². The molecule has 0 aliphatic heterocycles. The van der Waals surface area contributed by atoms with E-state index in [0.717, 1.165) is 29.8 Å². The molecule has 0 fully saturated rings. The van der Waals surface area contributed by atoms with Crippen LogP contribution in [0.5, 0.6) is 0 Å². The highest BCUT2D eigenvalue weighted by atomic mass is 15.0. The maximum absolute atomic E-state index is 5.21. The number of rotatable bonds is 3. The van der Waals surface area contributed by atoms with Gasteiger partial charge in [0.15, 0.2) is 11.6 Å². The minimum Gasteiger partial charge on any atom is -0.212 e. The molecule has 0 bridgehead atoms. The lowest BCUT2D eigenvalue weighted by atomic mass is 9.78. The Balaban J connectivity index is 1.17. The quantitative estimate of drug-likeness (QED) is 0.180. The molecule has 0 amide bonds. The van der Waals surface area contributed by atoms with Crippen molar-refractivity contribution in [3.8, 4) is 45.0 Å². The fourth-order valence-electron chi connectivity index (χ4n) is 8.78. The van der Waals surface area contributed by atoms with Crippen LogP contribution in [0.15, 0.2) is 146 Å². The van der Waals surface area contributed by atoms with Crippen LogP contribution in [0, 0.1) is 0 Å². The molecule has 7 aromatic carbocycles. The molecule has 2 aliphatic carbocycles. The Hall–Kier alpha value is -5.93. The Bertz CT molecular complexity index is 2560. The summed E-state index contributed by atoms with van der Waals surface area (Å²) in [4.78, 5) is 15.4. The van der Waals surface area contributed by atoms with E-state index >= 15 is 0 Å². The van der Waals surface area contributed by atoms with Crippen molar-refractivity contribution in [3.63, 3.8) is 0 Å². The fourth-order valence-corrected chi connectivity index (χ4v) is 8.78. The minimum atomic E-state index is -0.159. The minimum absolute atomic E-state index is 0.0198. The Kier molecular flexibility index (Phi) is 6.41. The Morgan fingerprint density at radius 3 is 1.76 bits per heavy atom. The number of aromatic nitrogens is 3. The first-order valence-electron chi connectivity index (χ1n) is 17.6. The molecule has 0 spiro atoms. The predicted octanol–water partition coefficient (Wildman–Crippen LogP) is 11.6. The average molecular weight is 642 g/mol. The highest BCUT2D eigenvalue weighted by molar-refractivity contribution is 6.18. The molecule has 50 heavy (non-hydrogen) atoms. The van der Waals surface area contributed by atoms with Gasteiger partial charge in [-0.25, -0.2) is 15.0 Å². The molecule has 0 N–H and O–H groups in total. The van der Waals surface area contributed by atoms with E-state index in [1.165, 1.54) is 66.1 Å². The highest BCUT2D eigenvalue weighted by Gasteiger charge is 2.40. The van der Waals surface area contributed by atoms with Gasteiger partial charge in [0, 0.05) is 22.5 Å². The fraction of sp³-hybridized carbons (Fsp3) is 0.128. The Morgan fingerprint density at radius 2 is 1.08 bits per heavy atom. The molecule has 1 atom stereocenters. The van der Waals surface area contributed by atoms with E-state index in [1.54, 1.807) is 0 Å². The summed E-state index contributed by atoms with van der Waals surface area (Å²) in [7, 11) is 0. The van der Waals surface area contributed by atoms with Crippen molar-refractivity contribution in [1.29, 1.82) is 0 Å². The summed E-state index contributed by atoms with van der Waals surface area (Å²) in [5.41, 5.74) is 12.7. The SMILES string of the molecule is CC1(C)c2cc3c(cc2-c2c1c1ccccc1c1ccccc21)CCC(c1nc(-c2ccccc2)nc(-c2ccccc2)n1)c1ccccc1-3. The smallest absolute Gasteiger partial charge is 0.163 e. The second kappa shape index (κ2) is 11.0. The van der Waals surface area contributed by atoms with E-state index in [2.05, 4.69) is 123 Å². The standard InChI is InChI=1S/C47H35N3/c1-47(2)41-28-39-31(27-40(41)42-36-23-13-11-19-32(36)33-20-12-14-24-37(33)43(42)47)25-26-38(34-21-9-10-22-35(34)39)46-49-44(29-15-5-3-6-16-29)48-45(50-46)30-17-7-4-8-18-30/h3-24,27-28,38H,25-26H2,1-2H3. The molecule has 3 heteroatoms. The lowest BCUT2D eigenvalue weighted by molar-refractivity contribution is 0.665. The van der Waals surface area contributed by atoms with Gasteiger partial charge in [-0.05, 0) is 85.0 Å². The maximum atomic E-state index is 5.21. The zero-order valence-corrected chi connectivity index (χ0v) is 28.2. The van der Waals surface area contributed by atoms with E-state index in [4.69, 9.17) is 15.0 Å². The summed E-state index contributed by atoms with van der Waals surface area (Å²) in [5.74, 6) is 2.27. The van der Waals surface area contributed by atoms with Crippen LogP contribution in [0.4, 0.5) is 0 Å². The molecule has 3 nitrogen and oxygen atoms in total. The zero-order valence-electron chi connectivity index (χ0n) is 28.2. The molecule has 0 saturated carbocycles. The van der Waals surface area contributed by atoms with Crippen LogP contribution in [0.2, 0.25) is 0 Å². The van der Waals surface area contributed by atoms with Gasteiger partial charge in [-0.1, -0.05) is 153 Å². The van der Waals surface area contributed by atoms with Crippen molar-refractivity contribution in [1.82, 2.24) is 15.0 Å². The predicted molar refractivity (Wildman–Crippen MR) is 205 cm³/mol. The number of benzene rings is 7. The number of hydrogen-bond donors (Lipinski definition) is 0. The largest absolute Gasteiger partial charge is 0.212 e. The lowest BCUT2D eigenvalue weighted by Crippen LogP contribution is -2.16. The Morgan fingerprint density at radius 1 is 0.520 bits per heavy atom. The number of aryl methyl sites for hydroxylation is 1. The van der Waals surface area contributed by atoms with Crippen molar-refractivity contribution < 1.29 is 0 Å². The summed E-state index contributed by atoms with van der Waals surface area (Å²) < 4.78 is 0. The second-order valence-corrected chi connectivity index (χ2v) is 14.3. The average Bonchev–Trinajstić information content (AvgIpc) is 3.29. The maximum Gasteiger partial charge on any atom is 0.163 e. The summed E-state index contributed by atoms with van der Waals surface area (Å²) in [6, 6.07) is 52.5. The molecule has 1 heterocycles. The zero-order chi connectivity index (χ0) is 33.4. The molecule has 1 aromatic heterocycles. The van der Waals surface area contributed by atoms with Crippen LogP contribution < -0.4 is 0 Å². The molecule has 0 radical (unpaired) electrons. The normalized spacial score (nSPS) is 15.6. The van der Waals surface area contributed by atoms with Gasteiger partial charge in [0.25, 0.3) is 0 Å². The van der Waals surface area contributed by atoms with E-state index in [0.29, 0.717) is 11.6 Å². The lowest BCUT2D eigenvalue weighted by Gasteiger charge is -2.25. The molecule has 0 saturated heterocycles. The van der Waals surface area contributed by atoms with Gasteiger partial charge < -0.3 is 0 Å². The number of hydrogen-bond acceptors (Lipinski definition) is 3. The van der Waals surface area contributed by atoms with E-state index in [1.807, 2.05) is 36.4 Å². The molecular weight excluding hydrogens is 607 g/mol. The number of nitrogens with zero attached hydrogens (tertiary/aromatic N) is 3. The summed E-state index contributed by atoms with van der Waals surface area (Å²) in [6.07, 6.45) is 1.83. The summed E-state index contributed by atoms with van der Waals surface area (Å²) >= 11 is 0. The topological polar surface area (TPSA) is 38.7 Å². The van der Waals surface area contributed by atoms with E-state index in [-0.39, 0.29) is 11.3 Å². The second-order valence-electron chi connectivity index (χ2n) is 14.3. The van der Waals surface area contributed by atoms with Gasteiger partial charge in [-0.2, -0.15) is 0 Å². The van der Waals surface area contributed by atoms with Gasteiger partial charge in [0.05, 0.1) is 0 Å². The molecule has 1 unspecified atom stereocenters. The van der Waals surface area contributed by atoms with Crippen LogP contribution in [-0.2, 0) is 11.8 Å². The third kappa shape index (κ3) is 4.33. The van der Waals surface area contributed by atoms with Gasteiger partial charge >= 0.3 is 0 Å². The van der Waals surface area contributed by atoms with Crippen LogP contribution >= 0.6 is 0 Å². The van der Waals surface area contributed by atoms with E-state index < -0.39 is 0 Å². The first-order chi connectivity index (χ1) is 24.6. The van der Waals surface area contributed by atoms with Gasteiger partial charge in [-0.15, -0.1) is 0 Å². The van der Waals surface area contributed by atoms with Crippen LogP contribution in [-0.4, -0.2) is 15.0 Å². The van der Waals surface area contributed by atoms with Crippen molar-refractivity contribution in [2.75, 3.05) is 0 Å². The monoisotopic (exact) mass is 641 g/mol. The van der Waals surface area contributed by atoms with Crippen molar-refractivity contribution in [2.45, 2.75) is 38.0 Å². The summed E-state index contributed by atoms with van der Waals surface area (Å²) in [5, 5.41) is 5.35. The first-order valence-corrected chi connectivity index (χ1v) is 17.6. The Labute approximate surface area is 292 Å². The summed E-state index contributed by atoms with van der Waals surface area (Å²) in [6.45, 7) is 4.83. The van der Waals surface area contributed by atoms with E-state index in [9.17, 15) is 0 Å². The van der Waals surface area contributed by atoms with Gasteiger partial charge in [0.1, 0.15) is 5.82 Å². The van der Waals surface area contributed by atoms with Gasteiger partial charge in [-0.3, -0.25) is 0 Å². The highest BCUT2D eigenvalue weighted by Crippen LogP contribution is 2.56. The molecule has 238 valence electrons. The van der Waals surface area contributed by atoms with Crippen LogP contribution in [0.1, 0.15) is 54.3 Å². The molecular formula is C47H35N3. The van der Waals surface area contributed by atoms with Crippen molar-refractivity contribution in [3.05, 3.63) is 174 Å². The van der Waals surface area contributed by atoms with Crippen molar-refractivity contribution in [2.24, 2.45) is 0 Å². The third-order valence-electron chi connectivity index (χ3n) is 11.1. The molecule has 8 aromatic rings. The molecule has 10 rings (SSSR count). The molecule has 2 aliphatic rings. The first kappa shape index (κ1) is 29.0.